The van der Waals surface area contributed by atoms with E-state index in [2.05, 4.69) is 0 Å². The van der Waals surface area contributed by atoms with Crippen molar-refractivity contribution in [1.29, 1.82) is 0 Å². The van der Waals surface area contributed by atoms with Crippen LogP contribution >= 0.6 is 0 Å². The molecule has 0 atom stereocenters. The van der Waals surface area contributed by atoms with E-state index in [4.69, 9.17) is 23.7 Å². The highest BCUT2D eigenvalue weighted by molar-refractivity contribution is 5.96. The molecule has 2 aromatic carbocycles. The highest BCUT2D eigenvalue weighted by Gasteiger charge is 2.49. The number of carbonyl (C=O) groups excluding carboxylic acids is 2. The first kappa shape index (κ1) is 22.8. The first-order valence-corrected chi connectivity index (χ1v) is 10.1. The van der Waals surface area contributed by atoms with Gasteiger partial charge in [-0.3, -0.25) is 4.79 Å². The average molecular weight is 466 g/mol. The van der Waals surface area contributed by atoms with Crippen molar-refractivity contribution in [3.8, 4) is 28.4 Å². The largest absolute Gasteiger partial charge is 0.493 e. The van der Waals surface area contributed by atoms with Crippen LogP contribution in [0.5, 0.6) is 17.2 Å². The fourth-order valence-electron chi connectivity index (χ4n) is 3.72. The number of ether oxygens (including phenoxy) is 5. The second kappa shape index (κ2) is 8.49. The van der Waals surface area contributed by atoms with Crippen LogP contribution in [-0.2, 0) is 20.9 Å². The summed E-state index contributed by atoms with van der Waals surface area (Å²) < 4.78 is 64.6. The van der Waals surface area contributed by atoms with E-state index in [0.717, 1.165) is 0 Å². The van der Waals surface area contributed by atoms with Crippen molar-refractivity contribution in [3.63, 3.8) is 0 Å². The van der Waals surface area contributed by atoms with Gasteiger partial charge >= 0.3 is 18.1 Å². The summed E-state index contributed by atoms with van der Waals surface area (Å²) in [5.41, 5.74) is 1.23. The number of hydrogen-bond acceptors (Lipinski definition) is 7. The third-order valence-electron chi connectivity index (χ3n) is 5.50. The topological polar surface area (TPSA) is 80.3 Å². The zero-order chi connectivity index (χ0) is 23.8. The minimum atomic E-state index is -4.65. The summed E-state index contributed by atoms with van der Waals surface area (Å²) in [4.78, 5) is 23.7. The fourth-order valence-corrected chi connectivity index (χ4v) is 3.72. The van der Waals surface area contributed by atoms with E-state index in [9.17, 15) is 22.8 Å². The molecule has 0 amide bonds. The third kappa shape index (κ3) is 4.69. The lowest BCUT2D eigenvalue weighted by atomic mass is 9.95. The number of alkyl halides is 3. The molecule has 0 saturated heterocycles. The molecule has 4 rings (SSSR count). The molecular weight excluding hydrogens is 445 g/mol. The van der Waals surface area contributed by atoms with Crippen LogP contribution in [-0.4, -0.2) is 44.5 Å². The summed E-state index contributed by atoms with van der Waals surface area (Å²) >= 11 is 0. The van der Waals surface area contributed by atoms with E-state index in [0.29, 0.717) is 40.8 Å². The van der Waals surface area contributed by atoms with E-state index in [-0.39, 0.29) is 24.7 Å². The normalized spacial score (nSPS) is 16.0. The van der Waals surface area contributed by atoms with Crippen molar-refractivity contribution in [2.75, 3.05) is 20.8 Å². The smallest absolute Gasteiger partial charge is 0.399 e. The molecule has 0 aromatic heterocycles. The van der Waals surface area contributed by atoms with Gasteiger partial charge in [0.2, 0.25) is 5.75 Å². The molecule has 1 saturated carbocycles. The molecule has 2 aromatic rings. The summed E-state index contributed by atoms with van der Waals surface area (Å²) in [7, 11) is 2.88. The second-order valence-electron chi connectivity index (χ2n) is 7.82. The van der Waals surface area contributed by atoms with Crippen LogP contribution in [0.2, 0.25) is 0 Å². The summed E-state index contributed by atoms with van der Waals surface area (Å²) in [6, 6.07) is 8.57. The van der Waals surface area contributed by atoms with Crippen molar-refractivity contribution < 1.29 is 46.4 Å². The summed E-state index contributed by atoms with van der Waals surface area (Å²) in [5, 5.41) is 0. The van der Waals surface area contributed by atoms with Gasteiger partial charge in [-0.05, 0) is 36.6 Å². The number of methoxy groups -OCH3 is 2. The van der Waals surface area contributed by atoms with Crippen LogP contribution in [0.25, 0.3) is 11.1 Å². The number of benzene rings is 2. The molecule has 0 spiro atoms. The Morgan fingerprint density at radius 1 is 1.03 bits per heavy atom. The number of halogens is 3. The van der Waals surface area contributed by atoms with E-state index >= 15 is 0 Å². The Bertz CT molecular complexity index is 1090. The molecule has 33 heavy (non-hydrogen) atoms. The zero-order valence-electron chi connectivity index (χ0n) is 17.9. The Balaban J connectivity index is 1.66. The Morgan fingerprint density at radius 3 is 2.39 bits per heavy atom. The van der Waals surface area contributed by atoms with Crippen LogP contribution in [0.4, 0.5) is 13.2 Å². The van der Waals surface area contributed by atoms with Gasteiger partial charge in [0.25, 0.3) is 0 Å². The standard InChI is InChI=1S/C23H21F3O7/c1-29-17-7-6-14(13-4-3-5-15-16(13)11-31-21(15)28)19(20(17)30-2)32-12-22(8-9-22)33-18(27)10-23(24,25)26/h3-7H,8-12H2,1-2H3. The van der Waals surface area contributed by atoms with E-state index < -0.39 is 30.1 Å². The maximum atomic E-state index is 12.5. The highest BCUT2D eigenvalue weighted by Crippen LogP contribution is 2.48. The number of hydrogen-bond donors (Lipinski definition) is 0. The average Bonchev–Trinajstić information content (AvgIpc) is 3.42. The predicted molar refractivity (Wildman–Crippen MR) is 108 cm³/mol. The maximum absolute atomic E-state index is 12.5. The van der Waals surface area contributed by atoms with Crippen molar-refractivity contribution in [1.82, 2.24) is 0 Å². The molecule has 0 radical (unpaired) electrons. The Kier molecular flexibility index (Phi) is 5.85. The molecule has 1 fully saturated rings. The molecule has 10 heteroatoms. The van der Waals surface area contributed by atoms with E-state index in [1.54, 1.807) is 30.3 Å². The number of fused-ring (bicyclic) bond motifs is 1. The summed E-state index contributed by atoms with van der Waals surface area (Å²) in [6.07, 6.45) is -5.56. The first-order valence-electron chi connectivity index (χ1n) is 10.1. The number of esters is 2. The highest BCUT2D eigenvalue weighted by atomic mass is 19.4. The van der Waals surface area contributed by atoms with E-state index in [1.165, 1.54) is 14.2 Å². The molecule has 0 unspecified atom stereocenters. The van der Waals surface area contributed by atoms with Crippen LogP contribution in [0.15, 0.2) is 30.3 Å². The van der Waals surface area contributed by atoms with Gasteiger partial charge in [-0.2, -0.15) is 13.2 Å². The molecule has 1 aliphatic heterocycles. The van der Waals surface area contributed by atoms with Crippen molar-refractivity contribution in [2.24, 2.45) is 0 Å². The predicted octanol–water partition coefficient (Wildman–Crippen LogP) is 4.45. The SMILES string of the molecule is COc1ccc(-c2cccc3c2COC3=O)c(OCC2(OC(=O)CC(F)(F)F)CC2)c1OC. The van der Waals surface area contributed by atoms with Crippen LogP contribution in [0.3, 0.4) is 0 Å². The molecule has 2 aliphatic rings. The zero-order valence-corrected chi connectivity index (χ0v) is 17.9. The van der Waals surface area contributed by atoms with Gasteiger partial charge < -0.3 is 23.7 Å². The lowest BCUT2D eigenvalue weighted by molar-refractivity contribution is -0.178. The van der Waals surface area contributed by atoms with E-state index in [1.807, 2.05) is 0 Å². The molecule has 0 bridgehead atoms. The Hall–Kier alpha value is -3.43. The molecule has 7 nitrogen and oxygen atoms in total. The van der Waals surface area contributed by atoms with Crippen molar-refractivity contribution in [3.05, 3.63) is 41.5 Å². The minimum Gasteiger partial charge on any atom is -0.493 e. The second-order valence-corrected chi connectivity index (χ2v) is 7.82. The lowest BCUT2D eigenvalue weighted by Gasteiger charge is -2.22. The van der Waals surface area contributed by atoms with Crippen molar-refractivity contribution >= 4 is 11.9 Å². The molecule has 1 aliphatic carbocycles. The van der Waals surface area contributed by atoms with Gasteiger partial charge in [-0.25, -0.2) is 4.79 Å². The van der Waals surface area contributed by atoms with Gasteiger partial charge in [0, 0.05) is 11.1 Å². The lowest BCUT2D eigenvalue weighted by Crippen LogP contribution is -2.29. The third-order valence-corrected chi connectivity index (χ3v) is 5.50. The quantitative estimate of drug-likeness (QED) is 0.532. The monoisotopic (exact) mass is 466 g/mol. The van der Waals surface area contributed by atoms with Gasteiger partial charge in [0.15, 0.2) is 11.5 Å². The van der Waals surface area contributed by atoms with Crippen LogP contribution in [0, 0.1) is 0 Å². The molecule has 0 N–H and O–H groups in total. The molecule has 176 valence electrons. The Morgan fingerprint density at radius 2 is 1.76 bits per heavy atom. The summed E-state index contributed by atoms with van der Waals surface area (Å²) in [5.74, 6) is -0.894. The fraction of sp³-hybridized carbons (Fsp3) is 0.391. The van der Waals surface area contributed by atoms with Gasteiger partial charge in [-0.1, -0.05) is 12.1 Å². The van der Waals surface area contributed by atoms with Crippen LogP contribution in [0.1, 0.15) is 35.2 Å². The maximum Gasteiger partial charge on any atom is 0.399 e. The van der Waals surface area contributed by atoms with Crippen molar-refractivity contribution in [2.45, 2.75) is 37.6 Å². The molecular formula is C23H21F3O7. The number of carbonyl (C=O) groups is 2. The Labute approximate surface area is 187 Å². The van der Waals surface area contributed by atoms with Gasteiger partial charge in [-0.15, -0.1) is 0 Å². The first-order chi connectivity index (χ1) is 15.7. The van der Waals surface area contributed by atoms with Crippen LogP contribution < -0.4 is 14.2 Å². The van der Waals surface area contributed by atoms with Gasteiger partial charge in [0.1, 0.15) is 25.2 Å². The minimum absolute atomic E-state index is 0.0944. The molecule has 1 heterocycles. The number of rotatable bonds is 8. The summed E-state index contributed by atoms with van der Waals surface area (Å²) in [6.45, 7) is -0.0747. The van der Waals surface area contributed by atoms with Gasteiger partial charge in [0.05, 0.1) is 19.8 Å². The number of cyclic esters (lactones) is 1.